The first-order valence-electron chi connectivity index (χ1n) is 6.84. The number of hydrogen-bond donors (Lipinski definition) is 0. The first-order valence-corrected chi connectivity index (χ1v) is 6.84. The van der Waals surface area contributed by atoms with E-state index in [1.807, 2.05) is 0 Å². The number of ether oxygens (including phenoxy) is 3. The zero-order chi connectivity index (χ0) is 12.8. The molecule has 2 aliphatic rings. The highest BCUT2D eigenvalue weighted by Crippen LogP contribution is 2.32. The van der Waals surface area contributed by atoms with Crippen LogP contribution < -0.4 is 0 Å². The lowest BCUT2D eigenvalue weighted by Gasteiger charge is -2.25. The Labute approximate surface area is 108 Å². The van der Waals surface area contributed by atoms with Gasteiger partial charge < -0.3 is 14.2 Å². The van der Waals surface area contributed by atoms with Gasteiger partial charge in [-0.15, -0.1) is 0 Å². The maximum atomic E-state index is 11.6. The molecule has 1 saturated carbocycles. The molecule has 0 unspecified atom stereocenters. The van der Waals surface area contributed by atoms with E-state index >= 15 is 0 Å². The number of hydrogen-bond acceptors (Lipinski definition) is 4. The molecule has 2 rings (SSSR count). The lowest BCUT2D eigenvalue weighted by molar-refractivity contribution is -0.184. The Morgan fingerprint density at radius 3 is 2.72 bits per heavy atom. The van der Waals surface area contributed by atoms with E-state index in [0.29, 0.717) is 19.8 Å². The monoisotopic (exact) mass is 254 g/mol. The molecule has 0 aromatic rings. The smallest absolute Gasteiger partial charge is 0.311 e. The third kappa shape index (κ3) is 4.10. The molecule has 0 aromatic carbocycles. The molecule has 0 N–H and O–H groups in total. The zero-order valence-corrected chi connectivity index (χ0v) is 11.0. The fourth-order valence-electron chi connectivity index (χ4n) is 2.14. The quantitative estimate of drug-likeness (QED) is 0.517. The van der Waals surface area contributed by atoms with Crippen LogP contribution in [0.25, 0.3) is 0 Å². The van der Waals surface area contributed by atoms with E-state index in [1.165, 1.54) is 12.8 Å². The van der Waals surface area contributed by atoms with Crippen LogP contribution >= 0.6 is 0 Å². The summed E-state index contributed by atoms with van der Waals surface area (Å²) in [6.07, 6.45) is 8.86. The second kappa shape index (κ2) is 6.34. The largest absolute Gasteiger partial charge is 0.466 e. The van der Waals surface area contributed by atoms with Gasteiger partial charge in [0.05, 0.1) is 26.2 Å². The molecular formula is C14H22O4. The van der Waals surface area contributed by atoms with Crippen molar-refractivity contribution in [2.45, 2.75) is 44.8 Å². The van der Waals surface area contributed by atoms with Crippen molar-refractivity contribution in [1.82, 2.24) is 0 Å². The Hall–Kier alpha value is -0.870. The van der Waals surface area contributed by atoms with Crippen molar-refractivity contribution in [2.75, 3.05) is 19.8 Å². The summed E-state index contributed by atoms with van der Waals surface area (Å²) in [5.41, 5.74) is 0. The molecule has 0 amide bonds. The first-order chi connectivity index (χ1) is 8.74. The zero-order valence-electron chi connectivity index (χ0n) is 11.0. The van der Waals surface area contributed by atoms with Crippen molar-refractivity contribution in [1.29, 1.82) is 0 Å². The Morgan fingerprint density at radius 2 is 2.11 bits per heavy atom. The Balaban J connectivity index is 1.79. The molecule has 1 heterocycles. The fourth-order valence-corrected chi connectivity index (χ4v) is 2.14. The van der Waals surface area contributed by atoms with Gasteiger partial charge in [0.25, 0.3) is 0 Å². The average molecular weight is 254 g/mol. The van der Waals surface area contributed by atoms with Crippen molar-refractivity contribution < 1.29 is 19.0 Å². The summed E-state index contributed by atoms with van der Waals surface area (Å²) >= 11 is 0. The van der Waals surface area contributed by atoms with Gasteiger partial charge in [0, 0.05) is 6.42 Å². The summed E-state index contributed by atoms with van der Waals surface area (Å²) in [5.74, 6) is -0.206. The average Bonchev–Trinajstić information content (AvgIpc) is 3.06. The van der Waals surface area contributed by atoms with Gasteiger partial charge in [-0.1, -0.05) is 12.2 Å². The summed E-state index contributed by atoms with van der Waals surface area (Å²) in [5, 5.41) is 0. The fraction of sp³-hybridized carbons (Fsp3) is 0.786. The second-order valence-corrected chi connectivity index (χ2v) is 4.89. The summed E-state index contributed by atoms with van der Waals surface area (Å²) in [7, 11) is 0. The topological polar surface area (TPSA) is 44.8 Å². The molecule has 0 radical (unpaired) electrons. The molecule has 1 aliphatic carbocycles. The van der Waals surface area contributed by atoms with Gasteiger partial charge in [-0.3, -0.25) is 4.79 Å². The van der Waals surface area contributed by atoms with E-state index in [9.17, 15) is 4.79 Å². The maximum Gasteiger partial charge on any atom is 0.311 e. The van der Waals surface area contributed by atoms with Crippen molar-refractivity contribution in [3.05, 3.63) is 12.2 Å². The third-order valence-electron chi connectivity index (χ3n) is 3.25. The van der Waals surface area contributed by atoms with E-state index in [-0.39, 0.29) is 12.4 Å². The van der Waals surface area contributed by atoms with Crippen molar-refractivity contribution in [3.63, 3.8) is 0 Å². The number of carbonyl (C=O) groups is 1. The molecule has 1 aliphatic heterocycles. The van der Waals surface area contributed by atoms with Gasteiger partial charge in [-0.05, 0) is 32.1 Å². The Bertz CT molecular complexity index is 301. The molecule has 18 heavy (non-hydrogen) atoms. The SMILES string of the molecule is CCOC(=O)CC1(CC/C=C\C2CC2)OCCO1. The van der Waals surface area contributed by atoms with Gasteiger partial charge in [0.2, 0.25) is 0 Å². The van der Waals surface area contributed by atoms with Crippen LogP contribution in [0.1, 0.15) is 39.0 Å². The number of allylic oxidation sites excluding steroid dienone is 2. The molecular weight excluding hydrogens is 232 g/mol. The summed E-state index contributed by atoms with van der Waals surface area (Å²) in [6, 6.07) is 0. The van der Waals surface area contributed by atoms with Gasteiger partial charge in [0.15, 0.2) is 5.79 Å². The van der Waals surface area contributed by atoms with Crippen LogP contribution in [0.4, 0.5) is 0 Å². The molecule has 2 fully saturated rings. The van der Waals surface area contributed by atoms with Crippen LogP contribution in [0.2, 0.25) is 0 Å². The van der Waals surface area contributed by atoms with Gasteiger partial charge in [-0.2, -0.15) is 0 Å². The number of esters is 1. The summed E-state index contributed by atoms with van der Waals surface area (Å²) in [4.78, 5) is 11.6. The second-order valence-electron chi connectivity index (χ2n) is 4.89. The minimum Gasteiger partial charge on any atom is -0.466 e. The highest BCUT2D eigenvalue weighted by molar-refractivity contribution is 5.70. The predicted octanol–water partition coefficient (Wildman–Crippen LogP) is 2.43. The van der Waals surface area contributed by atoms with E-state index in [2.05, 4.69) is 12.2 Å². The van der Waals surface area contributed by atoms with Crippen LogP contribution in [0.15, 0.2) is 12.2 Å². The minimum absolute atomic E-state index is 0.193. The van der Waals surface area contributed by atoms with Crippen LogP contribution in [0.3, 0.4) is 0 Å². The summed E-state index contributed by atoms with van der Waals surface area (Å²) < 4.78 is 16.2. The van der Waals surface area contributed by atoms with Crippen LogP contribution in [-0.4, -0.2) is 31.6 Å². The molecule has 4 heteroatoms. The Kier molecular flexibility index (Phi) is 4.78. The molecule has 0 aromatic heterocycles. The molecule has 1 saturated heterocycles. The van der Waals surface area contributed by atoms with Gasteiger partial charge >= 0.3 is 5.97 Å². The number of carbonyl (C=O) groups excluding carboxylic acids is 1. The van der Waals surface area contributed by atoms with Crippen LogP contribution in [0.5, 0.6) is 0 Å². The van der Waals surface area contributed by atoms with Crippen molar-refractivity contribution >= 4 is 5.97 Å². The molecule has 102 valence electrons. The van der Waals surface area contributed by atoms with E-state index in [0.717, 1.165) is 18.8 Å². The first kappa shape index (κ1) is 13.6. The molecule has 0 atom stereocenters. The predicted molar refractivity (Wildman–Crippen MR) is 67.0 cm³/mol. The highest BCUT2D eigenvalue weighted by atomic mass is 16.7. The van der Waals surface area contributed by atoms with Gasteiger partial charge in [0.1, 0.15) is 0 Å². The molecule has 0 spiro atoms. The summed E-state index contributed by atoms with van der Waals surface area (Å²) in [6.45, 7) is 3.33. The van der Waals surface area contributed by atoms with Crippen LogP contribution in [0, 0.1) is 5.92 Å². The third-order valence-corrected chi connectivity index (χ3v) is 3.25. The molecule has 0 bridgehead atoms. The highest BCUT2D eigenvalue weighted by Gasteiger charge is 2.38. The lowest BCUT2D eigenvalue weighted by atomic mass is 10.1. The van der Waals surface area contributed by atoms with E-state index in [1.54, 1.807) is 6.92 Å². The molecule has 4 nitrogen and oxygen atoms in total. The van der Waals surface area contributed by atoms with Crippen molar-refractivity contribution in [3.8, 4) is 0 Å². The minimum atomic E-state index is -0.750. The van der Waals surface area contributed by atoms with E-state index in [4.69, 9.17) is 14.2 Å². The normalized spacial score (nSPS) is 22.5. The van der Waals surface area contributed by atoms with Crippen LogP contribution in [-0.2, 0) is 19.0 Å². The number of rotatable bonds is 7. The Morgan fingerprint density at radius 1 is 1.39 bits per heavy atom. The van der Waals surface area contributed by atoms with E-state index < -0.39 is 5.79 Å². The van der Waals surface area contributed by atoms with Crippen molar-refractivity contribution in [2.24, 2.45) is 5.92 Å². The lowest BCUT2D eigenvalue weighted by Crippen LogP contribution is -2.33. The van der Waals surface area contributed by atoms with Gasteiger partial charge in [-0.25, -0.2) is 0 Å². The maximum absolute atomic E-state index is 11.6. The standard InChI is InChI=1S/C14H22O4/c1-2-16-13(15)11-14(17-9-10-18-14)8-4-3-5-12-6-7-12/h3,5,12H,2,4,6-11H2,1H3/b5-3-.